The number of primary amides is 1. The smallest absolute Gasteiger partial charge is 0.245 e. The van der Waals surface area contributed by atoms with Gasteiger partial charge in [-0.25, -0.2) is 0 Å². The standard InChI is InChI=1S/C61H119N13O10S/c1-4-7-10-11-12-13-14-15-16-17-18-19-20-31-42-67-56(79)51(68-53(76)36-21-8-5-2)44-85-45-52(69-54(77)37-22-9-6-3)61(84)74-50(43-75)60(83)73-49(35-26-30-41-65)59(82)72-48(34-25-29-40-64)58(81)71-47(33-24-28-39-63)57(80)70-46(55(66)78)32-23-27-38-62/h46-52,75H,4-45,62-65H2,1-3H3,(H2,66,78)(H,67,79)(H,68,76)(H,69,77)(H,70,80)(H,71,81)(H,72,82)(H,73,83)(H,74,84)/t46-,47-,48-,49-,50-,51-,52-/m0/s1. The highest BCUT2D eigenvalue weighted by molar-refractivity contribution is 7.99. The van der Waals surface area contributed by atoms with Crippen LogP contribution in [0, 0.1) is 0 Å². The fraction of sp³-hybridized carbons (Fsp3) is 0.852. The number of aliphatic hydroxyl groups excluding tert-OH is 1. The second-order valence-corrected chi connectivity index (χ2v) is 23.7. The van der Waals surface area contributed by atoms with Crippen LogP contribution in [0.2, 0.25) is 0 Å². The first kappa shape index (κ1) is 80.4. The molecule has 0 fully saturated rings. The van der Waals surface area contributed by atoms with Crippen molar-refractivity contribution in [2.24, 2.45) is 28.7 Å². The molecule has 0 aliphatic carbocycles. The van der Waals surface area contributed by atoms with Gasteiger partial charge >= 0.3 is 0 Å². The van der Waals surface area contributed by atoms with Gasteiger partial charge in [0.05, 0.1) is 6.61 Å². The molecule has 7 atom stereocenters. The summed E-state index contributed by atoms with van der Waals surface area (Å²) >= 11 is 1.16. The first-order chi connectivity index (χ1) is 41.1. The Morgan fingerprint density at radius 2 is 0.635 bits per heavy atom. The van der Waals surface area contributed by atoms with Crippen LogP contribution in [0.3, 0.4) is 0 Å². The van der Waals surface area contributed by atoms with E-state index in [1.807, 2.05) is 13.8 Å². The molecular formula is C61H119N13O10S. The minimum absolute atomic E-state index is 0.0528. The van der Waals surface area contributed by atoms with Crippen LogP contribution in [0.25, 0.3) is 0 Å². The Morgan fingerprint density at radius 3 is 0.988 bits per heavy atom. The molecular weight excluding hydrogens is 1110 g/mol. The first-order valence-corrected chi connectivity index (χ1v) is 33.9. The van der Waals surface area contributed by atoms with Crippen molar-refractivity contribution in [3.8, 4) is 0 Å². The van der Waals surface area contributed by atoms with Gasteiger partial charge in [0.2, 0.25) is 53.2 Å². The van der Waals surface area contributed by atoms with Gasteiger partial charge in [0.25, 0.3) is 0 Å². The number of carbonyl (C=O) groups is 9. The molecule has 0 aliphatic rings. The van der Waals surface area contributed by atoms with Crippen molar-refractivity contribution in [2.75, 3.05) is 50.8 Å². The predicted octanol–water partition coefficient (Wildman–Crippen LogP) is 3.86. The quantitative estimate of drug-likeness (QED) is 0.0385. The molecule has 0 spiro atoms. The highest BCUT2D eigenvalue weighted by Gasteiger charge is 2.33. The Morgan fingerprint density at radius 1 is 0.341 bits per heavy atom. The second kappa shape index (κ2) is 54.7. The second-order valence-electron chi connectivity index (χ2n) is 22.6. The summed E-state index contributed by atoms with van der Waals surface area (Å²) < 4.78 is 0. The first-order valence-electron chi connectivity index (χ1n) is 32.7. The summed E-state index contributed by atoms with van der Waals surface area (Å²) in [6, 6.07) is -8.41. The Labute approximate surface area is 514 Å². The van der Waals surface area contributed by atoms with Crippen LogP contribution in [0.1, 0.15) is 239 Å². The molecule has 0 aromatic carbocycles. The van der Waals surface area contributed by atoms with E-state index in [0.717, 1.165) is 63.1 Å². The summed E-state index contributed by atoms with van der Waals surface area (Å²) in [6.07, 6.45) is 26.4. The number of nitrogens with two attached hydrogens (primary N) is 5. The molecule has 9 amide bonds. The average molecular weight is 1230 g/mol. The van der Waals surface area contributed by atoms with Crippen LogP contribution in [0.15, 0.2) is 0 Å². The number of hydrogen-bond donors (Lipinski definition) is 14. The third-order valence-electron chi connectivity index (χ3n) is 14.9. The van der Waals surface area contributed by atoms with Gasteiger partial charge < -0.3 is 76.3 Å². The molecule has 0 aromatic rings. The van der Waals surface area contributed by atoms with Crippen LogP contribution in [0.4, 0.5) is 0 Å². The van der Waals surface area contributed by atoms with Gasteiger partial charge in [-0.2, -0.15) is 11.8 Å². The molecule has 494 valence electrons. The van der Waals surface area contributed by atoms with Gasteiger partial charge in [0, 0.05) is 30.9 Å². The summed E-state index contributed by atoms with van der Waals surface area (Å²) in [5.74, 6) is -5.61. The fourth-order valence-corrected chi connectivity index (χ4v) is 10.6. The normalized spacial score (nSPS) is 13.7. The zero-order chi connectivity index (χ0) is 63.3. The third-order valence-corrected chi connectivity index (χ3v) is 16.0. The van der Waals surface area contributed by atoms with Crippen molar-refractivity contribution in [3.05, 3.63) is 0 Å². The van der Waals surface area contributed by atoms with Gasteiger partial charge in [-0.15, -0.1) is 0 Å². The average Bonchev–Trinajstić information content (AvgIpc) is 3.62. The van der Waals surface area contributed by atoms with E-state index in [9.17, 15) is 48.3 Å². The Bertz CT molecular complexity index is 1820. The number of aliphatic hydroxyl groups is 1. The zero-order valence-electron chi connectivity index (χ0n) is 52.7. The summed E-state index contributed by atoms with van der Waals surface area (Å²) in [6.45, 7) is 7.11. The van der Waals surface area contributed by atoms with E-state index in [-0.39, 0.29) is 68.4 Å². The molecule has 0 radical (unpaired) electrons. The lowest BCUT2D eigenvalue weighted by molar-refractivity contribution is -0.136. The van der Waals surface area contributed by atoms with Crippen molar-refractivity contribution >= 4 is 64.9 Å². The van der Waals surface area contributed by atoms with Crippen molar-refractivity contribution in [3.63, 3.8) is 0 Å². The topological polar surface area (TPSA) is 400 Å². The lowest BCUT2D eigenvalue weighted by atomic mass is 10.0. The summed E-state index contributed by atoms with van der Waals surface area (Å²) in [7, 11) is 0. The van der Waals surface area contributed by atoms with Crippen molar-refractivity contribution in [1.29, 1.82) is 0 Å². The maximum Gasteiger partial charge on any atom is 0.245 e. The van der Waals surface area contributed by atoms with Gasteiger partial charge in [-0.3, -0.25) is 43.2 Å². The molecule has 23 nitrogen and oxygen atoms in total. The molecule has 0 heterocycles. The van der Waals surface area contributed by atoms with Crippen molar-refractivity contribution < 1.29 is 48.3 Å². The van der Waals surface area contributed by atoms with Gasteiger partial charge in [-0.1, -0.05) is 130 Å². The maximum atomic E-state index is 14.2. The molecule has 19 N–H and O–H groups in total. The number of carbonyl (C=O) groups excluding carboxylic acids is 9. The van der Waals surface area contributed by atoms with E-state index in [0.29, 0.717) is 90.4 Å². The molecule has 0 rings (SSSR count). The van der Waals surface area contributed by atoms with E-state index < -0.39 is 90.3 Å². The summed E-state index contributed by atoms with van der Waals surface area (Å²) in [5, 5.41) is 32.5. The zero-order valence-corrected chi connectivity index (χ0v) is 53.5. The molecule has 85 heavy (non-hydrogen) atoms. The SMILES string of the molecule is CCCCCCCCCCCCCCCCNC(=O)[C@H](CSC[C@H](NC(=O)CCCCC)C(=O)N[C@@H](CO)C(=O)N[C@@H](CCCCN)C(=O)N[C@@H](CCCCN)C(=O)N[C@@H](CCCCN)C(=O)N[C@@H](CCCCN)C(N)=O)NC(=O)CCCCC. The number of amides is 9. The monoisotopic (exact) mass is 1230 g/mol. The van der Waals surface area contributed by atoms with Crippen LogP contribution in [-0.2, 0) is 43.2 Å². The lowest BCUT2D eigenvalue weighted by Crippen LogP contribution is -2.60. The number of rotatable bonds is 58. The highest BCUT2D eigenvalue weighted by atomic mass is 32.2. The number of hydrogen-bond acceptors (Lipinski definition) is 15. The van der Waals surface area contributed by atoms with E-state index in [1.54, 1.807) is 0 Å². The molecule has 0 bridgehead atoms. The van der Waals surface area contributed by atoms with Crippen LogP contribution in [0.5, 0.6) is 0 Å². The molecule has 24 heteroatoms. The van der Waals surface area contributed by atoms with E-state index in [1.165, 1.54) is 64.2 Å². The minimum atomic E-state index is -1.60. The molecule has 0 saturated carbocycles. The molecule has 0 saturated heterocycles. The predicted molar refractivity (Wildman–Crippen MR) is 340 cm³/mol. The van der Waals surface area contributed by atoms with E-state index >= 15 is 0 Å². The summed E-state index contributed by atoms with van der Waals surface area (Å²) in [5.41, 5.74) is 28.5. The highest BCUT2D eigenvalue weighted by Crippen LogP contribution is 2.15. The Kier molecular flexibility index (Phi) is 51.8. The number of thioether (sulfide) groups is 1. The largest absolute Gasteiger partial charge is 0.394 e. The maximum absolute atomic E-state index is 14.2. The third kappa shape index (κ3) is 42.0. The molecule has 0 unspecified atom stereocenters. The number of unbranched alkanes of at least 4 members (excludes halogenated alkanes) is 21. The van der Waals surface area contributed by atoms with Gasteiger partial charge in [-0.05, 0) is 122 Å². The summed E-state index contributed by atoms with van der Waals surface area (Å²) in [4.78, 5) is 122. The van der Waals surface area contributed by atoms with Crippen LogP contribution < -0.4 is 71.2 Å². The van der Waals surface area contributed by atoms with Crippen LogP contribution >= 0.6 is 11.8 Å². The van der Waals surface area contributed by atoms with E-state index in [2.05, 4.69) is 49.5 Å². The fourth-order valence-electron chi connectivity index (χ4n) is 9.55. The van der Waals surface area contributed by atoms with Crippen LogP contribution in [-0.4, -0.2) is 151 Å². The minimum Gasteiger partial charge on any atom is -0.394 e. The van der Waals surface area contributed by atoms with E-state index in [4.69, 9.17) is 28.7 Å². The molecule has 0 aliphatic heterocycles. The van der Waals surface area contributed by atoms with Gasteiger partial charge in [0.1, 0.15) is 42.3 Å². The Hall–Kier alpha value is -4.62. The van der Waals surface area contributed by atoms with Crippen molar-refractivity contribution in [1.82, 2.24) is 42.5 Å². The molecule has 0 aromatic heterocycles. The van der Waals surface area contributed by atoms with Crippen molar-refractivity contribution in [2.45, 2.75) is 281 Å². The Balaban J connectivity index is 6.29. The van der Waals surface area contributed by atoms with Gasteiger partial charge in [0.15, 0.2) is 0 Å². The lowest BCUT2D eigenvalue weighted by Gasteiger charge is -2.27. The number of nitrogens with one attached hydrogen (secondary N) is 8.